The molecule has 0 aliphatic rings. The quantitative estimate of drug-likeness (QED) is 0.406. The van der Waals surface area contributed by atoms with Gasteiger partial charge in [0.05, 0.1) is 10.7 Å². The van der Waals surface area contributed by atoms with Crippen LogP contribution in [0.15, 0.2) is 14.1 Å². The Morgan fingerprint density at radius 1 is 1.46 bits per heavy atom. The average molecular weight is 315 g/mol. The third-order valence-corrected chi connectivity index (χ3v) is 2.65. The lowest BCUT2D eigenvalue weighted by molar-refractivity contribution is -0.131. The van der Waals surface area contributed by atoms with Gasteiger partial charge in [-0.15, -0.1) is 0 Å². The number of urea groups is 1. The van der Waals surface area contributed by atoms with E-state index in [-0.39, 0.29) is 8.96 Å². The zero-order chi connectivity index (χ0) is 10.4. The summed E-state index contributed by atoms with van der Waals surface area (Å²) in [4.78, 5) is 20.5. The first kappa shape index (κ1) is 12.1. The maximum atomic E-state index is 10.3. The van der Waals surface area contributed by atoms with Gasteiger partial charge in [-0.25, -0.2) is 15.0 Å². The summed E-state index contributed by atoms with van der Waals surface area (Å²) in [6.07, 6.45) is 1.09. The molecule has 2 amide bonds. The second-order valence-electron chi connectivity index (χ2n) is 1.70. The van der Waals surface area contributed by atoms with Gasteiger partial charge in [-0.05, 0) is 31.9 Å². The molecule has 0 aromatic heterocycles. The summed E-state index contributed by atoms with van der Waals surface area (Å²) in [6, 6.07) is -0.831. The first-order chi connectivity index (χ1) is 5.95. The van der Waals surface area contributed by atoms with Crippen LogP contribution in [0.3, 0.4) is 0 Å². The standard InChI is InChI=1S/C5H5Br2N3O3/c6-2(3(7)4(11)12)1-9-10-5(8)13/h1H,(H,11,12)(H3,8,10,13)/b3-2+,9-1-. The number of aliphatic carboxylic acids is 1. The Bertz CT molecular complexity index is 287. The van der Waals surface area contributed by atoms with E-state index in [9.17, 15) is 9.59 Å². The molecule has 0 saturated carbocycles. The largest absolute Gasteiger partial charge is 0.477 e. The van der Waals surface area contributed by atoms with E-state index >= 15 is 0 Å². The zero-order valence-electron chi connectivity index (χ0n) is 6.12. The number of primary amides is 1. The lowest BCUT2D eigenvalue weighted by Crippen LogP contribution is -2.24. The fourth-order valence-corrected chi connectivity index (χ4v) is 0.686. The van der Waals surface area contributed by atoms with E-state index in [4.69, 9.17) is 10.8 Å². The van der Waals surface area contributed by atoms with Crippen molar-refractivity contribution in [2.24, 2.45) is 10.8 Å². The summed E-state index contributed by atoms with van der Waals surface area (Å²) in [5.41, 5.74) is 6.59. The predicted octanol–water partition coefficient (Wildman–Crippen LogP) is 0.727. The number of nitrogens with zero attached hydrogens (tertiary/aromatic N) is 1. The fourth-order valence-electron chi connectivity index (χ4n) is 0.311. The van der Waals surface area contributed by atoms with E-state index in [1.807, 2.05) is 5.43 Å². The van der Waals surface area contributed by atoms with Gasteiger partial charge in [-0.1, -0.05) is 0 Å². The number of rotatable bonds is 3. The number of hydrazone groups is 1. The van der Waals surface area contributed by atoms with E-state index in [2.05, 4.69) is 37.0 Å². The lowest BCUT2D eigenvalue weighted by atomic mass is 10.5. The van der Waals surface area contributed by atoms with Gasteiger partial charge >= 0.3 is 12.0 Å². The molecule has 0 unspecified atom stereocenters. The molecule has 0 aliphatic carbocycles. The van der Waals surface area contributed by atoms with Crippen LogP contribution in [-0.2, 0) is 4.79 Å². The number of nitrogens with two attached hydrogens (primary N) is 1. The van der Waals surface area contributed by atoms with E-state index < -0.39 is 12.0 Å². The topological polar surface area (TPSA) is 105 Å². The average Bonchev–Trinajstić information content (AvgIpc) is 2.02. The Labute approximate surface area is 90.1 Å². The van der Waals surface area contributed by atoms with Gasteiger partial charge in [-0.2, -0.15) is 5.10 Å². The first-order valence-corrected chi connectivity index (χ1v) is 4.40. The number of carboxylic acid groups (broad SMARTS) is 1. The van der Waals surface area contributed by atoms with Gasteiger partial charge in [-0.3, -0.25) is 0 Å². The highest BCUT2D eigenvalue weighted by molar-refractivity contribution is 9.14. The summed E-state index contributed by atoms with van der Waals surface area (Å²) in [5.74, 6) is -1.16. The highest BCUT2D eigenvalue weighted by atomic mass is 79.9. The number of nitrogens with one attached hydrogen (secondary N) is 1. The minimum absolute atomic E-state index is 0.109. The third kappa shape index (κ3) is 5.36. The van der Waals surface area contributed by atoms with Crippen LogP contribution in [0.1, 0.15) is 0 Å². The van der Waals surface area contributed by atoms with Crippen molar-refractivity contribution in [2.75, 3.05) is 0 Å². The molecule has 0 aromatic rings. The monoisotopic (exact) mass is 313 g/mol. The van der Waals surface area contributed by atoms with Crippen LogP contribution in [0.25, 0.3) is 0 Å². The molecule has 0 atom stereocenters. The molecule has 8 heteroatoms. The number of hydrogen-bond donors (Lipinski definition) is 3. The molecule has 4 N–H and O–H groups in total. The van der Waals surface area contributed by atoms with Crippen LogP contribution in [-0.4, -0.2) is 23.3 Å². The molecule has 13 heavy (non-hydrogen) atoms. The number of carbonyl (C=O) groups is 2. The SMILES string of the molecule is NC(=O)N/N=C\C(Br)=C(/Br)C(=O)O. The van der Waals surface area contributed by atoms with Crippen molar-refractivity contribution in [3.05, 3.63) is 8.96 Å². The Morgan fingerprint density at radius 2 is 2.00 bits per heavy atom. The van der Waals surface area contributed by atoms with Gasteiger partial charge < -0.3 is 10.8 Å². The summed E-state index contributed by atoms with van der Waals surface area (Å²) >= 11 is 5.68. The maximum Gasteiger partial charge on any atom is 0.344 e. The van der Waals surface area contributed by atoms with Crippen LogP contribution in [0.4, 0.5) is 4.79 Å². The molecule has 0 aliphatic heterocycles. The van der Waals surface area contributed by atoms with Crippen molar-refractivity contribution < 1.29 is 14.7 Å². The van der Waals surface area contributed by atoms with Crippen molar-refractivity contribution in [1.29, 1.82) is 0 Å². The maximum absolute atomic E-state index is 10.3. The smallest absolute Gasteiger partial charge is 0.344 e. The minimum atomic E-state index is -1.16. The Hall–Kier alpha value is -0.890. The minimum Gasteiger partial charge on any atom is -0.477 e. The molecule has 0 bridgehead atoms. The van der Waals surface area contributed by atoms with E-state index in [0.717, 1.165) is 6.21 Å². The number of allylic oxidation sites excluding steroid dienone is 1. The Morgan fingerprint density at radius 3 is 2.38 bits per heavy atom. The highest BCUT2D eigenvalue weighted by Crippen LogP contribution is 2.15. The number of hydrogen-bond acceptors (Lipinski definition) is 3. The van der Waals surface area contributed by atoms with Gasteiger partial charge in [0.2, 0.25) is 0 Å². The van der Waals surface area contributed by atoms with Gasteiger partial charge in [0.25, 0.3) is 0 Å². The number of halogens is 2. The zero-order valence-corrected chi connectivity index (χ0v) is 9.29. The van der Waals surface area contributed by atoms with Crippen molar-refractivity contribution in [1.82, 2.24) is 5.43 Å². The molecule has 72 valence electrons. The fraction of sp³-hybridized carbons (Fsp3) is 0. The summed E-state index contributed by atoms with van der Waals surface area (Å²) < 4.78 is 0.0660. The molecule has 0 spiro atoms. The normalized spacial score (nSPS) is 12.5. The second-order valence-corrected chi connectivity index (χ2v) is 3.35. The van der Waals surface area contributed by atoms with Crippen LogP contribution >= 0.6 is 31.9 Å². The van der Waals surface area contributed by atoms with Crippen molar-refractivity contribution >= 4 is 50.1 Å². The van der Waals surface area contributed by atoms with Crippen molar-refractivity contribution in [3.63, 3.8) is 0 Å². The van der Waals surface area contributed by atoms with Crippen LogP contribution in [0.2, 0.25) is 0 Å². The third-order valence-electron chi connectivity index (χ3n) is 0.750. The molecule has 0 fully saturated rings. The first-order valence-electron chi connectivity index (χ1n) is 2.82. The summed E-state index contributed by atoms with van der Waals surface area (Å²) in [5, 5.41) is 11.8. The molecule has 0 rings (SSSR count). The number of carboxylic acids is 1. The highest BCUT2D eigenvalue weighted by Gasteiger charge is 2.06. The number of carbonyl (C=O) groups excluding carboxylic acids is 1. The molecular formula is C5H5Br2N3O3. The van der Waals surface area contributed by atoms with Gasteiger partial charge in [0.15, 0.2) is 0 Å². The van der Waals surface area contributed by atoms with Gasteiger partial charge in [0, 0.05) is 0 Å². The molecule has 0 heterocycles. The Balaban J connectivity index is 4.36. The summed E-state index contributed by atoms with van der Waals surface area (Å²) in [7, 11) is 0. The lowest BCUT2D eigenvalue weighted by Gasteiger charge is -1.93. The molecular weight excluding hydrogens is 310 g/mol. The van der Waals surface area contributed by atoms with Crippen LogP contribution in [0.5, 0.6) is 0 Å². The molecule has 0 radical (unpaired) electrons. The molecule has 0 saturated heterocycles. The summed E-state index contributed by atoms with van der Waals surface area (Å²) in [6.45, 7) is 0. The number of amides is 2. The van der Waals surface area contributed by atoms with Crippen LogP contribution < -0.4 is 11.2 Å². The van der Waals surface area contributed by atoms with Gasteiger partial charge in [0.1, 0.15) is 4.48 Å². The molecule has 6 nitrogen and oxygen atoms in total. The van der Waals surface area contributed by atoms with Crippen LogP contribution in [0, 0.1) is 0 Å². The Kier molecular flexibility index (Phi) is 5.31. The molecule has 0 aromatic carbocycles. The van der Waals surface area contributed by atoms with E-state index in [0.29, 0.717) is 0 Å². The second kappa shape index (κ2) is 5.70. The van der Waals surface area contributed by atoms with Crippen molar-refractivity contribution in [2.45, 2.75) is 0 Å². The van der Waals surface area contributed by atoms with Crippen molar-refractivity contribution in [3.8, 4) is 0 Å². The van der Waals surface area contributed by atoms with E-state index in [1.54, 1.807) is 0 Å². The van der Waals surface area contributed by atoms with E-state index in [1.165, 1.54) is 0 Å². The predicted molar refractivity (Wildman–Crippen MR) is 53.7 cm³/mol.